The summed E-state index contributed by atoms with van der Waals surface area (Å²) in [6.45, 7) is 7.55. The highest BCUT2D eigenvalue weighted by molar-refractivity contribution is 8.03. The van der Waals surface area contributed by atoms with Crippen molar-refractivity contribution in [2.45, 2.75) is 30.6 Å². The first-order valence-corrected chi connectivity index (χ1v) is 7.48. The monoisotopic (exact) mass is 251 g/mol. The van der Waals surface area contributed by atoms with Gasteiger partial charge in [0.1, 0.15) is 0 Å². The predicted molar refractivity (Wildman–Crippen MR) is 75.5 cm³/mol. The van der Waals surface area contributed by atoms with Crippen LogP contribution < -0.4 is 4.90 Å². The molecule has 0 amide bonds. The summed E-state index contributed by atoms with van der Waals surface area (Å²) in [4.78, 5) is 5.15. The predicted octanol–water partition coefficient (Wildman–Crippen LogP) is 4.59. The van der Waals surface area contributed by atoms with E-state index in [9.17, 15) is 0 Å². The lowest BCUT2D eigenvalue weighted by molar-refractivity contribution is 0.995. The second-order valence-electron chi connectivity index (χ2n) is 3.54. The molecule has 1 nitrogen and oxygen atoms in total. The smallest absolute Gasteiger partial charge is 0.0757 e. The molecule has 0 aliphatic carbocycles. The van der Waals surface area contributed by atoms with Gasteiger partial charge in [-0.3, -0.25) is 0 Å². The molecule has 86 valence electrons. The van der Waals surface area contributed by atoms with Crippen molar-refractivity contribution in [1.29, 1.82) is 0 Å². The Bertz CT molecular complexity index is 412. The van der Waals surface area contributed by atoms with Crippen LogP contribution in [0.1, 0.15) is 20.8 Å². The van der Waals surface area contributed by atoms with Crippen LogP contribution in [0.4, 0.5) is 5.69 Å². The summed E-state index contributed by atoms with van der Waals surface area (Å²) in [5.41, 5.74) is 1.37. The number of rotatable bonds is 3. The summed E-state index contributed by atoms with van der Waals surface area (Å²) in [6.07, 6.45) is 2.20. The number of anilines is 1. The summed E-state index contributed by atoms with van der Waals surface area (Å²) in [5.74, 6) is 1.13. The molecule has 1 heterocycles. The van der Waals surface area contributed by atoms with Crippen LogP contribution in [0.3, 0.4) is 0 Å². The van der Waals surface area contributed by atoms with Crippen LogP contribution in [-0.4, -0.2) is 12.3 Å². The maximum Gasteiger partial charge on any atom is 0.0757 e. The van der Waals surface area contributed by atoms with Crippen LogP contribution in [0, 0.1) is 0 Å². The molecule has 1 aromatic rings. The Morgan fingerprint density at radius 3 is 2.81 bits per heavy atom. The van der Waals surface area contributed by atoms with Crippen molar-refractivity contribution in [1.82, 2.24) is 0 Å². The van der Waals surface area contributed by atoms with E-state index in [1.807, 2.05) is 23.5 Å². The second kappa shape index (κ2) is 5.19. The molecule has 0 spiro atoms. The summed E-state index contributed by atoms with van der Waals surface area (Å²) in [6, 6.07) is 6.79. The van der Waals surface area contributed by atoms with Crippen molar-refractivity contribution in [3.63, 3.8) is 0 Å². The fourth-order valence-electron chi connectivity index (χ4n) is 1.88. The van der Waals surface area contributed by atoms with Gasteiger partial charge in [-0.05, 0) is 37.8 Å². The van der Waals surface area contributed by atoms with Crippen molar-refractivity contribution in [2.75, 3.05) is 17.2 Å². The van der Waals surface area contributed by atoms with Crippen LogP contribution in [-0.2, 0) is 0 Å². The van der Waals surface area contributed by atoms with E-state index < -0.39 is 0 Å². The Morgan fingerprint density at radius 1 is 1.38 bits per heavy atom. The van der Waals surface area contributed by atoms with Crippen molar-refractivity contribution in [3.8, 4) is 0 Å². The number of thioether (sulfide) groups is 2. The van der Waals surface area contributed by atoms with Gasteiger partial charge in [0.25, 0.3) is 0 Å². The minimum atomic E-state index is 1.04. The Labute approximate surface area is 106 Å². The number of hydrogen-bond donors (Lipinski definition) is 0. The lowest BCUT2D eigenvalue weighted by atomic mass is 10.3. The standard InChI is InChI=1S/C13H17NS2/c1-4-13-14(5-2)11-9-10(15-6-3)7-8-12(11)16-13/h4,7-9H,5-6H2,1-3H3. The van der Waals surface area contributed by atoms with E-state index in [4.69, 9.17) is 0 Å². The lowest BCUT2D eigenvalue weighted by Gasteiger charge is -2.18. The molecule has 0 N–H and O–H groups in total. The van der Waals surface area contributed by atoms with Crippen LogP contribution >= 0.6 is 23.5 Å². The minimum Gasteiger partial charge on any atom is -0.336 e. The number of benzene rings is 1. The third kappa shape index (κ3) is 2.11. The van der Waals surface area contributed by atoms with Gasteiger partial charge in [0.15, 0.2) is 0 Å². The van der Waals surface area contributed by atoms with E-state index in [-0.39, 0.29) is 0 Å². The van der Waals surface area contributed by atoms with Gasteiger partial charge in [0, 0.05) is 16.3 Å². The van der Waals surface area contributed by atoms with Gasteiger partial charge >= 0.3 is 0 Å². The fourth-order valence-corrected chi connectivity index (χ4v) is 3.66. The topological polar surface area (TPSA) is 3.24 Å². The quantitative estimate of drug-likeness (QED) is 0.723. The summed E-state index contributed by atoms with van der Waals surface area (Å²) < 4.78 is 0. The van der Waals surface area contributed by atoms with Gasteiger partial charge in [-0.25, -0.2) is 0 Å². The van der Waals surface area contributed by atoms with E-state index in [1.54, 1.807) is 0 Å². The molecule has 1 aromatic carbocycles. The molecule has 0 saturated heterocycles. The largest absolute Gasteiger partial charge is 0.336 e. The van der Waals surface area contributed by atoms with Crippen LogP contribution in [0.25, 0.3) is 0 Å². The Kier molecular flexibility index (Phi) is 3.87. The molecule has 0 saturated carbocycles. The molecule has 16 heavy (non-hydrogen) atoms. The van der Waals surface area contributed by atoms with Gasteiger partial charge in [0.05, 0.1) is 10.7 Å². The van der Waals surface area contributed by atoms with Crippen molar-refractivity contribution in [2.24, 2.45) is 0 Å². The Morgan fingerprint density at radius 2 is 2.19 bits per heavy atom. The molecule has 0 bridgehead atoms. The normalized spacial score (nSPS) is 16.9. The highest BCUT2D eigenvalue weighted by atomic mass is 32.2. The summed E-state index contributed by atoms with van der Waals surface area (Å²) in [7, 11) is 0. The Balaban J connectivity index is 2.37. The number of allylic oxidation sites excluding steroid dienone is 1. The van der Waals surface area contributed by atoms with Gasteiger partial charge < -0.3 is 4.90 Å². The molecule has 0 aromatic heterocycles. The molecular weight excluding hydrogens is 234 g/mol. The third-order valence-corrected chi connectivity index (χ3v) is 4.68. The molecule has 2 rings (SSSR count). The van der Waals surface area contributed by atoms with E-state index >= 15 is 0 Å². The summed E-state index contributed by atoms with van der Waals surface area (Å²) >= 11 is 3.78. The highest BCUT2D eigenvalue weighted by Crippen LogP contribution is 2.46. The average Bonchev–Trinajstić information content (AvgIpc) is 2.66. The van der Waals surface area contributed by atoms with Crippen molar-refractivity contribution in [3.05, 3.63) is 29.3 Å². The Hall–Kier alpha value is -0.540. The third-order valence-electron chi connectivity index (χ3n) is 2.58. The molecular formula is C13H17NS2. The van der Waals surface area contributed by atoms with E-state index in [1.165, 1.54) is 20.5 Å². The van der Waals surface area contributed by atoms with Crippen LogP contribution in [0.5, 0.6) is 0 Å². The number of nitrogens with zero attached hydrogens (tertiary/aromatic N) is 1. The molecule has 3 heteroatoms. The van der Waals surface area contributed by atoms with Gasteiger partial charge in [-0.15, -0.1) is 11.8 Å². The van der Waals surface area contributed by atoms with Gasteiger partial charge in [0.2, 0.25) is 0 Å². The molecule has 0 atom stereocenters. The van der Waals surface area contributed by atoms with E-state index in [2.05, 4.69) is 49.9 Å². The lowest BCUT2D eigenvalue weighted by Crippen LogP contribution is -2.16. The highest BCUT2D eigenvalue weighted by Gasteiger charge is 2.23. The zero-order chi connectivity index (χ0) is 11.5. The average molecular weight is 251 g/mol. The van der Waals surface area contributed by atoms with Crippen molar-refractivity contribution >= 4 is 29.2 Å². The SMILES string of the molecule is CC=C1Sc2ccc(SCC)cc2N1CC. The maximum atomic E-state index is 2.39. The molecule has 0 radical (unpaired) electrons. The molecule has 0 fully saturated rings. The van der Waals surface area contributed by atoms with E-state index in [0.29, 0.717) is 0 Å². The zero-order valence-electron chi connectivity index (χ0n) is 9.99. The molecule has 0 unspecified atom stereocenters. The molecule has 1 aliphatic rings. The van der Waals surface area contributed by atoms with Gasteiger partial charge in [-0.2, -0.15) is 0 Å². The minimum absolute atomic E-state index is 1.04. The number of fused-ring (bicyclic) bond motifs is 1. The molecule has 1 aliphatic heterocycles. The number of hydrogen-bond acceptors (Lipinski definition) is 3. The summed E-state index contributed by atoms with van der Waals surface area (Å²) in [5, 5.41) is 1.36. The first kappa shape index (κ1) is 11.9. The maximum absolute atomic E-state index is 2.39. The van der Waals surface area contributed by atoms with E-state index in [0.717, 1.165) is 12.3 Å². The van der Waals surface area contributed by atoms with Gasteiger partial charge in [-0.1, -0.05) is 24.8 Å². The second-order valence-corrected chi connectivity index (χ2v) is 5.94. The van der Waals surface area contributed by atoms with Crippen LogP contribution in [0.2, 0.25) is 0 Å². The first-order chi connectivity index (χ1) is 7.80. The zero-order valence-corrected chi connectivity index (χ0v) is 11.6. The first-order valence-electron chi connectivity index (χ1n) is 5.68. The fraction of sp³-hybridized carbons (Fsp3) is 0.385. The van der Waals surface area contributed by atoms with Crippen molar-refractivity contribution < 1.29 is 0 Å². The van der Waals surface area contributed by atoms with Crippen LogP contribution in [0.15, 0.2) is 39.1 Å².